The SMILES string of the molecule is CCc1ccc(CC)c(NC(=O)N2CCC(O)C2)c1. The first-order chi connectivity index (χ1) is 9.13. The highest BCUT2D eigenvalue weighted by molar-refractivity contribution is 5.90. The van der Waals surface area contributed by atoms with Crippen LogP contribution in [-0.4, -0.2) is 35.2 Å². The average Bonchev–Trinajstić information content (AvgIpc) is 2.85. The van der Waals surface area contributed by atoms with Crippen LogP contribution in [0.2, 0.25) is 0 Å². The fourth-order valence-corrected chi connectivity index (χ4v) is 2.39. The molecular formula is C15H22N2O2. The third kappa shape index (κ3) is 3.26. The van der Waals surface area contributed by atoms with E-state index in [0.29, 0.717) is 19.5 Å². The van der Waals surface area contributed by atoms with Crippen LogP contribution < -0.4 is 5.32 Å². The molecule has 104 valence electrons. The molecule has 1 atom stereocenters. The predicted octanol–water partition coefficient (Wildman–Crippen LogP) is 2.41. The largest absolute Gasteiger partial charge is 0.391 e. The van der Waals surface area contributed by atoms with E-state index < -0.39 is 0 Å². The second-order valence-corrected chi connectivity index (χ2v) is 5.02. The van der Waals surface area contributed by atoms with Crippen LogP contribution in [0.15, 0.2) is 18.2 Å². The quantitative estimate of drug-likeness (QED) is 0.879. The zero-order valence-corrected chi connectivity index (χ0v) is 11.6. The van der Waals surface area contributed by atoms with Crippen LogP contribution in [0, 0.1) is 0 Å². The Balaban J connectivity index is 2.11. The van der Waals surface area contributed by atoms with Gasteiger partial charge in [0.2, 0.25) is 0 Å². The van der Waals surface area contributed by atoms with Crippen LogP contribution >= 0.6 is 0 Å². The number of benzene rings is 1. The van der Waals surface area contributed by atoms with Gasteiger partial charge < -0.3 is 15.3 Å². The van der Waals surface area contributed by atoms with Crippen molar-refractivity contribution in [1.82, 2.24) is 4.90 Å². The molecule has 4 heteroatoms. The molecule has 1 fully saturated rings. The molecule has 1 aromatic rings. The molecule has 2 rings (SSSR count). The maximum absolute atomic E-state index is 12.1. The lowest BCUT2D eigenvalue weighted by Gasteiger charge is -2.18. The number of aliphatic hydroxyl groups excluding tert-OH is 1. The Morgan fingerprint density at radius 3 is 2.79 bits per heavy atom. The highest BCUT2D eigenvalue weighted by atomic mass is 16.3. The molecule has 0 bridgehead atoms. The summed E-state index contributed by atoms with van der Waals surface area (Å²) in [6, 6.07) is 6.12. The molecule has 1 aliphatic rings. The second-order valence-electron chi connectivity index (χ2n) is 5.02. The number of hydrogen-bond donors (Lipinski definition) is 2. The summed E-state index contributed by atoms with van der Waals surface area (Å²) in [7, 11) is 0. The van der Waals surface area contributed by atoms with Crippen molar-refractivity contribution >= 4 is 11.7 Å². The number of urea groups is 1. The van der Waals surface area contributed by atoms with Gasteiger partial charge in [-0.2, -0.15) is 0 Å². The van der Waals surface area contributed by atoms with Crippen molar-refractivity contribution in [1.29, 1.82) is 0 Å². The molecule has 1 aliphatic heterocycles. The van der Waals surface area contributed by atoms with Crippen LogP contribution in [0.3, 0.4) is 0 Å². The standard InChI is InChI=1S/C15H22N2O2/c1-3-11-5-6-12(4-2)14(9-11)16-15(19)17-8-7-13(18)10-17/h5-6,9,13,18H,3-4,7-8,10H2,1-2H3,(H,16,19). The summed E-state index contributed by atoms with van der Waals surface area (Å²) >= 11 is 0. The summed E-state index contributed by atoms with van der Waals surface area (Å²) in [5, 5.41) is 12.5. The van der Waals surface area contributed by atoms with Crippen LogP contribution in [0.5, 0.6) is 0 Å². The molecule has 19 heavy (non-hydrogen) atoms. The number of aliphatic hydroxyl groups is 1. The van der Waals surface area contributed by atoms with Crippen molar-refractivity contribution in [3.8, 4) is 0 Å². The minimum atomic E-state index is -0.377. The fraction of sp³-hybridized carbons (Fsp3) is 0.533. The Hall–Kier alpha value is -1.55. The maximum Gasteiger partial charge on any atom is 0.321 e. The van der Waals surface area contributed by atoms with Crippen LogP contribution in [-0.2, 0) is 12.8 Å². The minimum absolute atomic E-state index is 0.112. The number of aryl methyl sites for hydroxylation is 2. The van der Waals surface area contributed by atoms with Crippen LogP contribution in [0.4, 0.5) is 10.5 Å². The van der Waals surface area contributed by atoms with Gasteiger partial charge in [0.05, 0.1) is 6.10 Å². The molecule has 1 aromatic carbocycles. The molecule has 1 heterocycles. The van der Waals surface area contributed by atoms with E-state index in [9.17, 15) is 9.90 Å². The third-order valence-electron chi connectivity index (χ3n) is 3.66. The Morgan fingerprint density at radius 1 is 1.42 bits per heavy atom. The van der Waals surface area contributed by atoms with Crippen molar-refractivity contribution < 1.29 is 9.90 Å². The van der Waals surface area contributed by atoms with E-state index in [1.165, 1.54) is 5.56 Å². The molecule has 0 radical (unpaired) electrons. The number of anilines is 1. The molecule has 4 nitrogen and oxygen atoms in total. The zero-order chi connectivity index (χ0) is 13.8. The number of hydrogen-bond acceptors (Lipinski definition) is 2. The van der Waals surface area contributed by atoms with Gasteiger partial charge in [0.1, 0.15) is 0 Å². The van der Waals surface area contributed by atoms with E-state index in [0.717, 1.165) is 24.1 Å². The highest BCUT2D eigenvalue weighted by Gasteiger charge is 2.24. The first-order valence-electron chi connectivity index (χ1n) is 6.99. The molecule has 2 amide bonds. The van der Waals surface area contributed by atoms with Gasteiger partial charge in [-0.15, -0.1) is 0 Å². The third-order valence-corrected chi connectivity index (χ3v) is 3.66. The Labute approximate surface area is 114 Å². The Morgan fingerprint density at radius 2 is 2.21 bits per heavy atom. The molecule has 2 N–H and O–H groups in total. The summed E-state index contributed by atoms with van der Waals surface area (Å²) in [6.45, 7) is 5.24. The summed E-state index contributed by atoms with van der Waals surface area (Å²) in [4.78, 5) is 13.8. The maximum atomic E-state index is 12.1. The topological polar surface area (TPSA) is 52.6 Å². The van der Waals surface area contributed by atoms with E-state index >= 15 is 0 Å². The number of amides is 2. The van der Waals surface area contributed by atoms with Gasteiger partial charge in [0.25, 0.3) is 0 Å². The first kappa shape index (κ1) is 13.9. The Bertz CT molecular complexity index is 459. The zero-order valence-electron chi connectivity index (χ0n) is 11.6. The highest BCUT2D eigenvalue weighted by Crippen LogP contribution is 2.20. The molecule has 0 aromatic heterocycles. The van der Waals surface area contributed by atoms with Crippen LogP contribution in [0.1, 0.15) is 31.4 Å². The van der Waals surface area contributed by atoms with Crippen molar-refractivity contribution in [3.05, 3.63) is 29.3 Å². The lowest BCUT2D eigenvalue weighted by atomic mass is 10.1. The number of nitrogens with one attached hydrogen (secondary N) is 1. The average molecular weight is 262 g/mol. The van der Waals surface area contributed by atoms with Gasteiger partial charge in [0, 0.05) is 18.8 Å². The van der Waals surface area contributed by atoms with Gasteiger partial charge >= 0.3 is 6.03 Å². The monoisotopic (exact) mass is 262 g/mol. The lowest BCUT2D eigenvalue weighted by molar-refractivity contribution is 0.176. The van der Waals surface area contributed by atoms with E-state index in [4.69, 9.17) is 0 Å². The number of carbonyl (C=O) groups excluding carboxylic acids is 1. The molecule has 0 spiro atoms. The second kappa shape index (κ2) is 6.06. The van der Waals surface area contributed by atoms with Gasteiger partial charge in [-0.1, -0.05) is 26.0 Å². The normalized spacial score (nSPS) is 18.7. The minimum Gasteiger partial charge on any atom is -0.391 e. The number of nitrogens with zero attached hydrogens (tertiary/aromatic N) is 1. The summed E-state index contributed by atoms with van der Waals surface area (Å²) in [5.74, 6) is 0. The molecular weight excluding hydrogens is 240 g/mol. The molecule has 0 aliphatic carbocycles. The van der Waals surface area contributed by atoms with E-state index in [-0.39, 0.29) is 12.1 Å². The van der Waals surface area contributed by atoms with E-state index in [1.807, 2.05) is 6.07 Å². The smallest absolute Gasteiger partial charge is 0.321 e. The number of carbonyl (C=O) groups is 1. The number of rotatable bonds is 3. The van der Waals surface area contributed by atoms with Gasteiger partial charge in [0.15, 0.2) is 0 Å². The molecule has 0 saturated carbocycles. The summed E-state index contributed by atoms with van der Waals surface area (Å²) in [6.07, 6.45) is 2.14. The number of likely N-dealkylation sites (tertiary alicyclic amines) is 1. The van der Waals surface area contributed by atoms with Gasteiger partial charge in [-0.05, 0) is 36.5 Å². The van der Waals surface area contributed by atoms with Crippen LogP contribution in [0.25, 0.3) is 0 Å². The lowest BCUT2D eigenvalue weighted by Crippen LogP contribution is -2.33. The molecule has 1 saturated heterocycles. The summed E-state index contributed by atoms with van der Waals surface area (Å²) in [5.41, 5.74) is 3.26. The van der Waals surface area contributed by atoms with Crippen molar-refractivity contribution in [3.63, 3.8) is 0 Å². The van der Waals surface area contributed by atoms with E-state index in [1.54, 1.807) is 4.90 Å². The predicted molar refractivity (Wildman–Crippen MR) is 76.4 cm³/mol. The number of β-amino-alcohol motifs (C(OH)–C–C–N with tert-alkyl or cyclic N) is 1. The Kier molecular flexibility index (Phi) is 4.43. The first-order valence-corrected chi connectivity index (χ1v) is 6.99. The fourth-order valence-electron chi connectivity index (χ4n) is 2.39. The summed E-state index contributed by atoms with van der Waals surface area (Å²) < 4.78 is 0. The van der Waals surface area contributed by atoms with Gasteiger partial charge in [-0.3, -0.25) is 0 Å². The van der Waals surface area contributed by atoms with E-state index in [2.05, 4.69) is 31.3 Å². The van der Waals surface area contributed by atoms with Crippen molar-refractivity contribution in [2.45, 2.75) is 39.2 Å². The van der Waals surface area contributed by atoms with Crippen molar-refractivity contribution in [2.24, 2.45) is 0 Å². The van der Waals surface area contributed by atoms with Crippen molar-refractivity contribution in [2.75, 3.05) is 18.4 Å². The molecule has 1 unspecified atom stereocenters. The van der Waals surface area contributed by atoms with Gasteiger partial charge in [-0.25, -0.2) is 4.79 Å².